The van der Waals surface area contributed by atoms with E-state index >= 15 is 0 Å². The number of hydrogen-bond donors (Lipinski definition) is 2. The molecule has 2 rings (SSSR count). The Hall–Kier alpha value is -0.860. The summed E-state index contributed by atoms with van der Waals surface area (Å²) in [6.07, 6.45) is 2.27. The van der Waals surface area contributed by atoms with Crippen molar-refractivity contribution < 1.29 is 0 Å². The molecule has 13 heavy (non-hydrogen) atoms. The molecule has 1 aromatic rings. The Morgan fingerprint density at radius 3 is 2.92 bits per heavy atom. The number of nitrogens with two attached hydrogens (primary N) is 1. The molecule has 0 amide bonds. The van der Waals surface area contributed by atoms with Gasteiger partial charge in [0.2, 0.25) is 0 Å². The van der Waals surface area contributed by atoms with Crippen LogP contribution in [0.1, 0.15) is 30.4 Å². The van der Waals surface area contributed by atoms with Crippen molar-refractivity contribution in [3.05, 3.63) is 35.4 Å². The molecule has 2 unspecified atom stereocenters. The Kier molecular flexibility index (Phi) is 2.34. The summed E-state index contributed by atoms with van der Waals surface area (Å²) >= 11 is 0. The molecule has 0 heterocycles. The van der Waals surface area contributed by atoms with Gasteiger partial charge in [0.15, 0.2) is 0 Å². The molecule has 0 aromatic heterocycles. The third-order valence-electron chi connectivity index (χ3n) is 3.03. The second-order valence-electron chi connectivity index (χ2n) is 3.69. The van der Waals surface area contributed by atoms with Gasteiger partial charge in [-0.2, -0.15) is 0 Å². The Morgan fingerprint density at radius 2 is 2.31 bits per heavy atom. The van der Waals surface area contributed by atoms with Gasteiger partial charge in [0.05, 0.1) is 0 Å². The topological polar surface area (TPSA) is 38.0 Å². The van der Waals surface area contributed by atoms with E-state index in [-0.39, 0.29) is 0 Å². The number of hydrogen-bond acceptors (Lipinski definition) is 2. The maximum absolute atomic E-state index is 5.50. The molecular formula is C11H16N2. The summed E-state index contributed by atoms with van der Waals surface area (Å²) in [7, 11) is 0. The molecule has 0 saturated carbocycles. The SMILES string of the molecule is CCC(NN)C1Cc2ccccc21. The van der Waals surface area contributed by atoms with Crippen molar-refractivity contribution in [1.29, 1.82) is 0 Å². The average molecular weight is 176 g/mol. The van der Waals surface area contributed by atoms with Gasteiger partial charge < -0.3 is 0 Å². The van der Waals surface area contributed by atoms with Gasteiger partial charge in [-0.25, -0.2) is 0 Å². The molecule has 0 aliphatic heterocycles. The Balaban J connectivity index is 2.16. The molecule has 0 radical (unpaired) electrons. The van der Waals surface area contributed by atoms with Crippen molar-refractivity contribution in [2.45, 2.75) is 31.7 Å². The summed E-state index contributed by atoms with van der Waals surface area (Å²) in [5.41, 5.74) is 5.86. The predicted octanol–water partition coefficient (Wildman–Crippen LogP) is 1.57. The van der Waals surface area contributed by atoms with Crippen LogP contribution in [-0.2, 0) is 6.42 Å². The first kappa shape index (κ1) is 8.73. The Morgan fingerprint density at radius 1 is 1.54 bits per heavy atom. The third-order valence-corrected chi connectivity index (χ3v) is 3.03. The van der Waals surface area contributed by atoms with E-state index < -0.39 is 0 Å². The number of nitrogens with one attached hydrogen (secondary N) is 1. The van der Waals surface area contributed by atoms with Crippen molar-refractivity contribution in [2.75, 3.05) is 0 Å². The van der Waals surface area contributed by atoms with Crippen molar-refractivity contribution in [3.8, 4) is 0 Å². The normalized spacial score (nSPS) is 21.8. The third kappa shape index (κ3) is 1.36. The molecule has 2 atom stereocenters. The Bertz CT molecular complexity index is 292. The molecule has 1 aliphatic carbocycles. The van der Waals surface area contributed by atoms with E-state index in [2.05, 4.69) is 36.6 Å². The zero-order chi connectivity index (χ0) is 9.26. The molecule has 1 aromatic carbocycles. The largest absolute Gasteiger partial charge is 0.271 e. The molecular weight excluding hydrogens is 160 g/mol. The fraction of sp³-hybridized carbons (Fsp3) is 0.455. The number of hydrazine groups is 1. The quantitative estimate of drug-likeness (QED) is 0.542. The standard InChI is InChI=1S/C11H16N2/c1-2-11(13-12)10-7-8-5-3-4-6-9(8)10/h3-6,10-11,13H,2,7,12H2,1H3. The lowest BCUT2D eigenvalue weighted by Crippen LogP contribution is -2.43. The van der Waals surface area contributed by atoms with Gasteiger partial charge in [-0.3, -0.25) is 11.3 Å². The molecule has 1 aliphatic rings. The van der Waals surface area contributed by atoms with Gasteiger partial charge in [-0.05, 0) is 24.0 Å². The summed E-state index contributed by atoms with van der Waals surface area (Å²) in [6, 6.07) is 9.06. The molecule has 0 spiro atoms. The van der Waals surface area contributed by atoms with Crippen LogP contribution in [0.15, 0.2) is 24.3 Å². The van der Waals surface area contributed by atoms with Crippen molar-refractivity contribution in [1.82, 2.24) is 5.43 Å². The van der Waals surface area contributed by atoms with Gasteiger partial charge in [0.25, 0.3) is 0 Å². The first-order valence-electron chi connectivity index (χ1n) is 4.90. The summed E-state index contributed by atoms with van der Waals surface area (Å²) in [5.74, 6) is 6.13. The van der Waals surface area contributed by atoms with E-state index in [0.29, 0.717) is 12.0 Å². The monoisotopic (exact) mass is 176 g/mol. The van der Waals surface area contributed by atoms with Crippen LogP contribution in [0.25, 0.3) is 0 Å². The number of benzene rings is 1. The van der Waals surface area contributed by atoms with Gasteiger partial charge in [0, 0.05) is 12.0 Å². The van der Waals surface area contributed by atoms with Crippen LogP contribution in [-0.4, -0.2) is 6.04 Å². The number of fused-ring (bicyclic) bond motifs is 1. The second kappa shape index (κ2) is 3.48. The van der Waals surface area contributed by atoms with Crippen LogP contribution in [0.2, 0.25) is 0 Å². The van der Waals surface area contributed by atoms with Crippen LogP contribution in [0, 0.1) is 0 Å². The summed E-state index contributed by atoms with van der Waals surface area (Å²) < 4.78 is 0. The highest BCUT2D eigenvalue weighted by molar-refractivity contribution is 5.41. The molecule has 0 saturated heterocycles. The molecule has 3 N–H and O–H groups in total. The first-order chi connectivity index (χ1) is 6.36. The highest BCUT2D eigenvalue weighted by Gasteiger charge is 2.30. The van der Waals surface area contributed by atoms with Gasteiger partial charge in [-0.1, -0.05) is 31.2 Å². The first-order valence-corrected chi connectivity index (χ1v) is 4.90. The van der Waals surface area contributed by atoms with Crippen LogP contribution < -0.4 is 11.3 Å². The van der Waals surface area contributed by atoms with Gasteiger partial charge in [0.1, 0.15) is 0 Å². The van der Waals surface area contributed by atoms with E-state index in [1.165, 1.54) is 17.5 Å². The molecule has 0 fully saturated rings. The highest BCUT2D eigenvalue weighted by atomic mass is 15.2. The number of rotatable bonds is 3. The van der Waals surface area contributed by atoms with Gasteiger partial charge in [-0.15, -0.1) is 0 Å². The molecule has 70 valence electrons. The minimum atomic E-state index is 0.440. The lowest BCUT2D eigenvalue weighted by atomic mass is 9.73. The van der Waals surface area contributed by atoms with E-state index in [4.69, 9.17) is 5.84 Å². The Labute approximate surface area is 79.1 Å². The van der Waals surface area contributed by atoms with Crippen LogP contribution in [0.5, 0.6) is 0 Å². The molecule has 2 heteroatoms. The lowest BCUT2D eigenvalue weighted by molar-refractivity contribution is 0.396. The summed E-state index contributed by atoms with van der Waals surface area (Å²) in [4.78, 5) is 0. The average Bonchev–Trinajstić information content (AvgIpc) is 2.14. The minimum absolute atomic E-state index is 0.440. The lowest BCUT2D eigenvalue weighted by Gasteiger charge is -2.35. The minimum Gasteiger partial charge on any atom is -0.271 e. The summed E-state index contributed by atoms with van der Waals surface area (Å²) in [6.45, 7) is 2.17. The molecule has 2 nitrogen and oxygen atoms in total. The van der Waals surface area contributed by atoms with E-state index in [9.17, 15) is 0 Å². The predicted molar refractivity (Wildman–Crippen MR) is 54.3 cm³/mol. The van der Waals surface area contributed by atoms with Crippen molar-refractivity contribution >= 4 is 0 Å². The van der Waals surface area contributed by atoms with Gasteiger partial charge >= 0.3 is 0 Å². The smallest absolute Gasteiger partial charge is 0.0279 e. The van der Waals surface area contributed by atoms with Crippen LogP contribution >= 0.6 is 0 Å². The van der Waals surface area contributed by atoms with Crippen LogP contribution in [0.4, 0.5) is 0 Å². The summed E-state index contributed by atoms with van der Waals surface area (Å²) in [5, 5.41) is 0. The van der Waals surface area contributed by atoms with E-state index in [0.717, 1.165) is 6.42 Å². The maximum atomic E-state index is 5.50. The highest BCUT2D eigenvalue weighted by Crippen LogP contribution is 2.37. The van der Waals surface area contributed by atoms with Crippen LogP contribution in [0.3, 0.4) is 0 Å². The van der Waals surface area contributed by atoms with Crippen molar-refractivity contribution in [3.63, 3.8) is 0 Å². The fourth-order valence-electron chi connectivity index (χ4n) is 2.18. The second-order valence-corrected chi connectivity index (χ2v) is 3.69. The van der Waals surface area contributed by atoms with E-state index in [1.54, 1.807) is 0 Å². The fourth-order valence-corrected chi connectivity index (χ4v) is 2.18. The van der Waals surface area contributed by atoms with E-state index in [1.807, 2.05) is 0 Å². The maximum Gasteiger partial charge on any atom is 0.0279 e. The zero-order valence-corrected chi connectivity index (χ0v) is 7.96. The molecule has 0 bridgehead atoms. The van der Waals surface area contributed by atoms with Crippen molar-refractivity contribution in [2.24, 2.45) is 5.84 Å². The zero-order valence-electron chi connectivity index (χ0n) is 7.96.